The van der Waals surface area contributed by atoms with Gasteiger partial charge in [-0.3, -0.25) is 0 Å². The van der Waals surface area contributed by atoms with E-state index < -0.39 is 0 Å². The molecular formula is C16H34BrN. The highest BCUT2D eigenvalue weighted by Crippen LogP contribution is 2.10. The maximum absolute atomic E-state index is 3.52. The first-order chi connectivity index (χ1) is 8.85. The summed E-state index contributed by atoms with van der Waals surface area (Å²) in [6, 6.07) is 0. The summed E-state index contributed by atoms with van der Waals surface area (Å²) in [7, 11) is 0. The molecule has 0 saturated carbocycles. The van der Waals surface area contributed by atoms with E-state index in [0.29, 0.717) is 0 Å². The molecule has 0 aliphatic carbocycles. The van der Waals surface area contributed by atoms with Gasteiger partial charge in [0.1, 0.15) is 0 Å². The van der Waals surface area contributed by atoms with Gasteiger partial charge in [-0.2, -0.15) is 0 Å². The topological polar surface area (TPSA) is 3.24 Å². The molecule has 0 saturated heterocycles. The first kappa shape index (κ1) is 18.4. The third-order valence-corrected chi connectivity index (χ3v) is 4.03. The second-order valence-corrected chi connectivity index (χ2v) is 6.10. The van der Waals surface area contributed by atoms with Crippen molar-refractivity contribution in [2.45, 2.75) is 78.1 Å². The summed E-state index contributed by atoms with van der Waals surface area (Å²) in [5.41, 5.74) is 0. The Morgan fingerprint density at radius 3 is 1.61 bits per heavy atom. The molecule has 0 fully saturated rings. The molecule has 0 unspecified atom stereocenters. The highest BCUT2D eigenvalue weighted by Gasteiger charge is 2.00. The van der Waals surface area contributed by atoms with E-state index in [4.69, 9.17) is 0 Å². The van der Waals surface area contributed by atoms with E-state index >= 15 is 0 Å². The van der Waals surface area contributed by atoms with E-state index in [1.807, 2.05) is 0 Å². The highest BCUT2D eigenvalue weighted by molar-refractivity contribution is 9.09. The summed E-state index contributed by atoms with van der Waals surface area (Å²) in [6.45, 7) is 8.24. The standard InChI is InChI=1S/C16H34BrN/c1-3-5-6-7-8-9-10-11-12-13-15-18(4-2)16-14-17/h3-16H2,1-2H3. The van der Waals surface area contributed by atoms with Gasteiger partial charge < -0.3 is 4.90 Å². The van der Waals surface area contributed by atoms with Crippen LogP contribution in [-0.2, 0) is 0 Å². The molecule has 0 aliphatic rings. The summed E-state index contributed by atoms with van der Waals surface area (Å²) in [5, 5.41) is 1.11. The zero-order valence-electron chi connectivity index (χ0n) is 12.7. The van der Waals surface area contributed by atoms with Gasteiger partial charge in [0.2, 0.25) is 0 Å². The molecule has 0 N–H and O–H groups in total. The molecule has 0 radical (unpaired) electrons. The third kappa shape index (κ3) is 12.9. The fraction of sp³-hybridized carbons (Fsp3) is 1.00. The van der Waals surface area contributed by atoms with Crippen LogP contribution in [0.2, 0.25) is 0 Å². The maximum atomic E-state index is 3.52. The molecule has 0 amide bonds. The molecule has 0 aromatic carbocycles. The minimum absolute atomic E-state index is 1.11. The Kier molecular flexibility index (Phi) is 15.9. The lowest BCUT2D eigenvalue weighted by Crippen LogP contribution is -2.26. The molecule has 0 heterocycles. The Balaban J connectivity index is 3.10. The van der Waals surface area contributed by atoms with E-state index in [-0.39, 0.29) is 0 Å². The average Bonchev–Trinajstić information content (AvgIpc) is 2.39. The van der Waals surface area contributed by atoms with Crippen LogP contribution in [0.15, 0.2) is 0 Å². The molecule has 0 aromatic rings. The molecule has 18 heavy (non-hydrogen) atoms. The first-order valence-corrected chi connectivity index (χ1v) is 9.25. The molecule has 0 bridgehead atoms. The van der Waals surface area contributed by atoms with Crippen molar-refractivity contribution in [1.29, 1.82) is 0 Å². The number of hydrogen-bond donors (Lipinski definition) is 0. The molecule has 1 nitrogen and oxygen atoms in total. The molecule has 0 atom stereocenters. The van der Waals surface area contributed by atoms with Gasteiger partial charge >= 0.3 is 0 Å². The first-order valence-electron chi connectivity index (χ1n) is 8.13. The van der Waals surface area contributed by atoms with Crippen LogP contribution >= 0.6 is 15.9 Å². The van der Waals surface area contributed by atoms with E-state index in [1.54, 1.807) is 0 Å². The third-order valence-electron chi connectivity index (χ3n) is 3.68. The lowest BCUT2D eigenvalue weighted by atomic mass is 10.1. The van der Waals surface area contributed by atoms with Crippen molar-refractivity contribution in [2.24, 2.45) is 0 Å². The Hall–Kier alpha value is 0.440. The van der Waals surface area contributed by atoms with Gasteiger partial charge in [-0.1, -0.05) is 87.6 Å². The van der Waals surface area contributed by atoms with Crippen molar-refractivity contribution in [3.63, 3.8) is 0 Å². The van der Waals surface area contributed by atoms with Crippen LogP contribution in [0.25, 0.3) is 0 Å². The quantitative estimate of drug-likeness (QED) is 0.296. The van der Waals surface area contributed by atoms with E-state index in [9.17, 15) is 0 Å². The van der Waals surface area contributed by atoms with Crippen molar-refractivity contribution in [1.82, 2.24) is 4.90 Å². The Morgan fingerprint density at radius 1 is 0.667 bits per heavy atom. The maximum Gasteiger partial charge on any atom is 0.0159 e. The van der Waals surface area contributed by atoms with Gasteiger partial charge in [0.05, 0.1) is 0 Å². The van der Waals surface area contributed by atoms with E-state index in [1.165, 1.54) is 83.8 Å². The monoisotopic (exact) mass is 319 g/mol. The number of rotatable bonds is 14. The minimum Gasteiger partial charge on any atom is -0.303 e. The Morgan fingerprint density at radius 2 is 1.17 bits per heavy atom. The van der Waals surface area contributed by atoms with Gasteiger partial charge in [-0.05, 0) is 19.5 Å². The predicted octanol–water partition coefficient (Wildman–Crippen LogP) is 5.62. The molecule has 0 spiro atoms. The lowest BCUT2D eigenvalue weighted by molar-refractivity contribution is 0.298. The predicted molar refractivity (Wildman–Crippen MR) is 87.8 cm³/mol. The molecule has 0 aromatic heterocycles. The van der Waals surface area contributed by atoms with Gasteiger partial charge in [0.15, 0.2) is 0 Å². The largest absolute Gasteiger partial charge is 0.303 e. The zero-order chi connectivity index (χ0) is 13.5. The second kappa shape index (κ2) is 15.5. The summed E-state index contributed by atoms with van der Waals surface area (Å²) in [5.74, 6) is 0. The van der Waals surface area contributed by atoms with Crippen molar-refractivity contribution < 1.29 is 0 Å². The highest BCUT2D eigenvalue weighted by atomic mass is 79.9. The fourth-order valence-corrected chi connectivity index (χ4v) is 2.87. The van der Waals surface area contributed by atoms with Crippen molar-refractivity contribution in [3.8, 4) is 0 Å². The second-order valence-electron chi connectivity index (χ2n) is 5.31. The molecule has 0 rings (SSSR count). The van der Waals surface area contributed by atoms with Crippen LogP contribution in [0.1, 0.15) is 78.1 Å². The molecular weight excluding hydrogens is 286 g/mol. The van der Waals surface area contributed by atoms with Gasteiger partial charge in [0.25, 0.3) is 0 Å². The van der Waals surface area contributed by atoms with Crippen molar-refractivity contribution in [2.75, 3.05) is 25.0 Å². The van der Waals surface area contributed by atoms with Crippen LogP contribution in [0.5, 0.6) is 0 Å². The number of halogens is 1. The SMILES string of the molecule is CCCCCCCCCCCCN(CC)CCBr. The minimum atomic E-state index is 1.11. The van der Waals surface area contributed by atoms with Crippen LogP contribution in [-0.4, -0.2) is 29.9 Å². The zero-order valence-corrected chi connectivity index (χ0v) is 14.3. The lowest BCUT2D eigenvalue weighted by Gasteiger charge is -2.18. The van der Waals surface area contributed by atoms with Gasteiger partial charge in [-0.15, -0.1) is 0 Å². The summed E-state index contributed by atoms with van der Waals surface area (Å²) in [6.07, 6.45) is 14.3. The van der Waals surface area contributed by atoms with Gasteiger partial charge in [-0.25, -0.2) is 0 Å². The van der Waals surface area contributed by atoms with E-state index in [0.717, 1.165) is 5.33 Å². The fourth-order valence-electron chi connectivity index (χ4n) is 2.37. The smallest absolute Gasteiger partial charge is 0.0159 e. The number of alkyl halides is 1. The number of unbranched alkanes of at least 4 members (excludes halogenated alkanes) is 9. The summed E-state index contributed by atoms with van der Waals surface area (Å²) < 4.78 is 0. The molecule has 2 heteroatoms. The average molecular weight is 320 g/mol. The normalized spacial score (nSPS) is 11.3. The number of hydrogen-bond acceptors (Lipinski definition) is 1. The van der Waals surface area contributed by atoms with Crippen molar-refractivity contribution >= 4 is 15.9 Å². The van der Waals surface area contributed by atoms with Crippen molar-refractivity contribution in [3.05, 3.63) is 0 Å². The van der Waals surface area contributed by atoms with Gasteiger partial charge in [0, 0.05) is 11.9 Å². The Bertz CT molecular complexity index is 150. The number of nitrogens with zero attached hydrogens (tertiary/aromatic N) is 1. The van der Waals surface area contributed by atoms with E-state index in [2.05, 4.69) is 34.7 Å². The molecule has 110 valence electrons. The summed E-state index contributed by atoms with van der Waals surface area (Å²) >= 11 is 3.52. The van der Waals surface area contributed by atoms with Crippen LogP contribution in [0, 0.1) is 0 Å². The Labute approximate surface area is 124 Å². The van der Waals surface area contributed by atoms with Crippen LogP contribution in [0.4, 0.5) is 0 Å². The molecule has 0 aliphatic heterocycles. The van der Waals surface area contributed by atoms with Crippen LogP contribution in [0.3, 0.4) is 0 Å². The summed E-state index contributed by atoms with van der Waals surface area (Å²) in [4.78, 5) is 2.54. The van der Waals surface area contributed by atoms with Crippen LogP contribution < -0.4 is 0 Å².